The molecular formula is C13H16F2O3. The zero-order valence-corrected chi connectivity index (χ0v) is 10.8. The average molecular weight is 258 g/mol. The third-order valence-corrected chi connectivity index (χ3v) is 2.73. The smallest absolute Gasteiger partial charge is 0.313 e. The van der Waals surface area contributed by atoms with Crippen molar-refractivity contribution in [3.63, 3.8) is 0 Å². The first kappa shape index (κ1) is 14.4. The molecule has 0 aromatic heterocycles. The van der Waals surface area contributed by atoms with Crippen LogP contribution in [0, 0.1) is 17.6 Å². The molecule has 0 saturated heterocycles. The zero-order chi connectivity index (χ0) is 13.9. The number of methoxy groups -OCH3 is 2. The van der Waals surface area contributed by atoms with Gasteiger partial charge in [0.2, 0.25) is 0 Å². The summed E-state index contributed by atoms with van der Waals surface area (Å²) in [4.78, 5) is 11.6. The van der Waals surface area contributed by atoms with Gasteiger partial charge < -0.3 is 9.47 Å². The van der Waals surface area contributed by atoms with Crippen LogP contribution in [-0.4, -0.2) is 20.2 Å². The van der Waals surface area contributed by atoms with Crippen molar-refractivity contribution in [3.8, 4) is 5.75 Å². The molecule has 0 spiro atoms. The Hall–Kier alpha value is -1.65. The van der Waals surface area contributed by atoms with Crippen LogP contribution in [-0.2, 0) is 9.53 Å². The van der Waals surface area contributed by atoms with Crippen LogP contribution in [0.1, 0.15) is 25.3 Å². The van der Waals surface area contributed by atoms with Gasteiger partial charge in [0.25, 0.3) is 0 Å². The van der Waals surface area contributed by atoms with Crippen molar-refractivity contribution in [2.24, 2.45) is 5.92 Å². The Labute approximate surface area is 105 Å². The van der Waals surface area contributed by atoms with Crippen LogP contribution in [0.3, 0.4) is 0 Å². The monoisotopic (exact) mass is 258 g/mol. The lowest BCUT2D eigenvalue weighted by Gasteiger charge is -2.19. The molecule has 0 fully saturated rings. The number of hydrogen-bond acceptors (Lipinski definition) is 3. The minimum Gasteiger partial charge on any atom is -0.494 e. The molecule has 0 aliphatic carbocycles. The van der Waals surface area contributed by atoms with Crippen LogP contribution < -0.4 is 4.74 Å². The van der Waals surface area contributed by atoms with Gasteiger partial charge in [-0.05, 0) is 12.0 Å². The molecule has 0 bridgehead atoms. The molecule has 1 rings (SSSR count). The lowest BCUT2D eigenvalue weighted by molar-refractivity contribution is -0.143. The lowest BCUT2D eigenvalue weighted by Crippen LogP contribution is -2.21. The number of rotatable bonds is 4. The molecular weight excluding hydrogens is 242 g/mol. The number of carbonyl (C=O) groups excluding carboxylic acids is 1. The highest BCUT2D eigenvalue weighted by Crippen LogP contribution is 2.31. The summed E-state index contributed by atoms with van der Waals surface area (Å²) in [5.74, 6) is -3.21. The van der Waals surface area contributed by atoms with Gasteiger partial charge in [-0.25, -0.2) is 8.78 Å². The number of esters is 1. The highest BCUT2D eigenvalue weighted by Gasteiger charge is 2.29. The van der Waals surface area contributed by atoms with Crippen molar-refractivity contribution in [2.45, 2.75) is 19.8 Å². The maximum Gasteiger partial charge on any atom is 0.313 e. The molecule has 100 valence electrons. The molecule has 0 saturated carbocycles. The molecule has 0 amide bonds. The fourth-order valence-electron chi connectivity index (χ4n) is 1.82. The molecule has 3 nitrogen and oxygen atoms in total. The Kier molecular flexibility index (Phi) is 4.64. The molecule has 18 heavy (non-hydrogen) atoms. The van der Waals surface area contributed by atoms with E-state index in [9.17, 15) is 13.6 Å². The third-order valence-electron chi connectivity index (χ3n) is 2.73. The van der Waals surface area contributed by atoms with E-state index in [4.69, 9.17) is 0 Å². The second-order valence-corrected chi connectivity index (χ2v) is 4.25. The van der Waals surface area contributed by atoms with Crippen LogP contribution in [0.2, 0.25) is 0 Å². The van der Waals surface area contributed by atoms with Crippen molar-refractivity contribution >= 4 is 5.97 Å². The summed E-state index contributed by atoms with van der Waals surface area (Å²) < 4.78 is 36.7. The minimum absolute atomic E-state index is 0.0184. The zero-order valence-electron chi connectivity index (χ0n) is 10.8. The summed E-state index contributed by atoms with van der Waals surface area (Å²) in [7, 11) is 2.47. The number of hydrogen-bond donors (Lipinski definition) is 0. The second kappa shape index (κ2) is 5.80. The number of halogens is 2. The summed E-state index contributed by atoms with van der Waals surface area (Å²) >= 11 is 0. The van der Waals surface area contributed by atoms with E-state index in [1.807, 2.05) is 0 Å². The minimum atomic E-state index is -0.838. The maximum absolute atomic E-state index is 13.9. The molecule has 0 radical (unpaired) electrons. The van der Waals surface area contributed by atoms with E-state index in [-0.39, 0.29) is 17.2 Å². The Bertz CT molecular complexity index is 444. The first-order chi connectivity index (χ1) is 8.42. The second-order valence-electron chi connectivity index (χ2n) is 4.25. The van der Waals surface area contributed by atoms with Crippen LogP contribution in [0.4, 0.5) is 8.78 Å². The predicted molar refractivity (Wildman–Crippen MR) is 62.5 cm³/mol. The molecule has 1 aromatic rings. The van der Waals surface area contributed by atoms with Gasteiger partial charge in [-0.15, -0.1) is 0 Å². The maximum atomic E-state index is 13.9. The highest BCUT2D eigenvalue weighted by atomic mass is 19.1. The molecule has 0 aliphatic rings. The van der Waals surface area contributed by atoms with Gasteiger partial charge in [0.05, 0.1) is 20.1 Å². The summed E-state index contributed by atoms with van der Waals surface area (Å²) in [6, 6.07) is 1.92. The summed E-state index contributed by atoms with van der Waals surface area (Å²) in [5, 5.41) is 0. The van der Waals surface area contributed by atoms with Crippen molar-refractivity contribution in [3.05, 3.63) is 29.3 Å². The summed E-state index contributed by atoms with van der Waals surface area (Å²) in [5.41, 5.74) is -0.0184. The van der Waals surface area contributed by atoms with E-state index in [2.05, 4.69) is 9.47 Å². The van der Waals surface area contributed by atoms with Crippen LogP contribution in [0.15, 0.2) is 12.1 Å². The highest BCUT2D eigenvalue weighted by molar-refractivity contribution is 5.78. The van der Waals surface area contributed by atoms with Gasteiger partial charge in [-0.1, -0.05) is 13.8 Å². The number of benzene rings is 1. The average Bonchev–Trinajstić information content (AvgIpc) is 2.32. The van der Waals surface area contributed by atoms with Gasteiger partial charge in [-0.2, -0.15) is 0 Å². The molecule has 1 aromatic carbocycles. The van der Waals surface area contributed by atoms with Crippen molar-refractivity contribution in [2.75, 3.05) is 14.2 Å². The molecule has 1 atom stereocenters. The van der Waals surface area contributed by atoms with Gasteiger partial charge in [0.1, 0.15) is 5.82 Å². The summed E-state index contributed by atoms with van der Waals surface area (Å²) in [6.45, 7) is 3.48. The Morgan fingerprint density at radius 2 is 1.78 bits per heavy atom. The molecule has 5 heteroatoms. The van der Waals surface area contributed by atoms with Crippen molar-refractivity contribution in [1.29, 1.82) is 0 Å². The van der Waals surface area contributed by atoms with E-state index in [1.165, 1.54) is 14.2 Å². The van der Waals surface area contributed by atoms with Crippen molar-refractivity contribution in [1.82, 2.24) is 0 Å². The van der Waals surface area contributed by atoms with E-state index >= 15 is 0 Å². The SMILES string of the molecule is COC(=O)C(c1cc(F)c(OC)cc1F)C(C)C. The predicted octanol–water partition coefficient (Wildman–Crippen LogP) is 2.89. The largest absolute Gasteiger partial charge is 0.494 e. The molecule has 0 aliphatic heterocycles. The standard InChI is InChI=1S/C13H16F2O3/c1-7(2)12(13(16)18-4)8-5-10(15)11(17-3)6-9(8)14/h5-7,12H,1-4H3. The molecule has 0 heterocycles. The Morgan fingerprint density at radius 3 is 2.22 bits per heavy atom. The van der Waals surface area contributed by atoms with Gasteiger partial charge in [-0.3, -0.25) is 4.79 Å². The van der Waals surface area contributed by atoms with Gasteiger partial charge >= 0.3 is 5.97 Å². The number of ether oxygens (including phenoxy) is 2. The van der Waals surface area contributed by atoms with Crippen LogP contribution in [0.5, 0.6) is 5.75 Å². The fraction of sp³-hybridized carbons (Fsp3) is 0.462. The third kappa shape index (κ3) is 2.78. The fourth-order valence-corrected chi connectivity index (χ4v) is 1.82. The molecule has 1 unspecified atom stereocenters. The first-order valence-electron chi connectivity index (χ1n) is 5.53. The topological polar surface area (TPSA) is 35.5 Å². The van der Waals surface area contributed by atoms with Gasteiger partial charge in [0.15, 0.2) is 11.6 Å². The van der Waals surface area contributed by atoms with Gasteiger partial charge in [0, 0.05) is 11.6 Å². The number of carbonyl (C=O) groups is 1. The molecule has 0 N–H and O–H groups in total. The quantitative estimate of drug-likeness (QED) is 0.779. The Balaban J connectivity index is 3.29. The normalized spacial score (nSPS) is 12.4. The van der Waals surface area contributed by atoms with Crippen molar-refractivity contribution < 1.29 is 23.0 Å². The lowest BCUT2D eigenvalue weighted by atomic mass is 9.88. The van der Waals surface area contributed by atoms with E-state index < -0.39 is 23.5 Å². The first-order valence-corrected chi connectivity index (χ1v) is 5.53. The van der Waals surface area contributed by atoms with Crippen LogP contribution in [0.25, 0.3) is 0 Å². The van der Waals surface area contributed by atoms with Crippen LogP contribution >= 0.6 is 0 Å². The van der Waals surface area contributed by atoms with E-state index in [0.29, 0.717) is 0 Å². The van der Waals surface area contributed by atoms with E-state index in [1.54, 1.807) is 13.8 Å². The summed E-state index contributed by atoms with van der Waals surface area (Å²) in [6.07, 6.45) is 0. The Morgan fingerprint density at radius 1 is 1.17 bits per heavy atom. The van der Waals surface area contributed by atoms with E-state index in [0.717, 1.165) is 12.1 Å².